The van der Waals surface area contributed by atoms with Crippen molar-refractivity contribution in [1.29, 1.82) is 0 Å². The Morgan fingerprint density at radius 2 is 1.90 bits per heavy atom. The van der Waals surface area contributed by atoms with Crippen LogP contribution in [0.5, 0.6) is 0 Å². The average Bonchev–Trinajstić information content (AvgIpc) is 2.89. The Bertz CT molecular complexity index is 775. The van der Waals surface area contributed by atoms with Crippen LogP contribution in [0.25, 0.3) is 16.6 Å². The summed E-state index contributed by atoms with van der Waals surface area (Å²) in [6.45, 7) is 4.21. The van der Waals surface area contributed by atoms with Crippen molar-refractivity contribution in [1.82, 2.24) is 9.78 Å². The van der Waals surface area contributed by atoms with Crippen molar-refractivity contribution in [3.8, 4) is 5.69 Å². The second kappa shape index (κ2) is 5.30. The van der Waals surface area contributed by atoms with Crippen LogP contribution in [-0.2, 0) is 6.61 Å². The van der Waals surface area contributed by atoms with E-state index < -0.39 is 0 Å². The Kier molecular flexibility index (Phi) is 3.47. The molecular weight excluding hydrogens is 267 g/mol. The Balaban J connectivity index is 2.21. The van der Waals surface area contributed by atoms with Crippen LogP contribution in [0.3, 0.4) is 0 Å². The standard InChI is InChI=1S/C17H17FN2O/c1-11(2)16-8-17-12(7-13(16)10-21)9-19-20(17)15-5-3-14(18)4-6-15/h3-9,11,21H,10H2,1-2H3. The fraction of sp³-hybridized carbons (Fsp3) is 0.235. The summed E-state index contributed by atoms with van der Waals surface area (Å²) in [5, 5.41) is 14.9. The van der Waals surface area contributed by atoms with Gasteiger partial charge < -0.3 is 5.11 Å². The number of hydrogen-bond donors (Lipinski definition) is 1. The molecule has 3 aromatic rings. The van der Waals surface area contributed by atoms with Gasteiger partial charge in [-0.25, -0.2) is 9.07 Å². The molecule has 1 aromatic heterocycles. The number of hydrogen-bond acceptors (Lipinski definition) is 2. The van der Waals surface area contributed by atoms with Gasteiger partial charge in [0.05, 0.1) is 24.0 Å². The van der Waals surface area contributed by atoms with E-state index in [2.05, 4.69) is 25.0 Å². The van der Waals surface area contributed by atoms with Crippen LogP contribution < -0.4 is 0 Å². The Morgan fingerprint density at radius 3 is 2.52 bits per heavy atom. The van der Waals surface area contributed by atoms with E-state index in [0.717, 1.165) is 27.7 Å². The first kappa shape index (κ1) is 13.8. The largest absolute Gasteiger partial charge is 0.392 e. The molecule has 3 nitrogen and oxygen atoms in total. The first-order valence-corrected chi connectivity index (χ1v) is 6.97. The molecule has 0 aliphatic heterocycles. The summed E-state index contributed by atoms with van der Waals surface area (Å²) in [4.78, 5) is 0. The summed E-state index contributed by atoms with van der Waals surface area (Å²) in [6, 6.07) is 10.3. The highest BCUT2D eigenvalue weighted by atomic mass is 19.1. The summed E-state index contributed by atoms with van der Waals surface area (Å²) in [5.74, 6) is 0.0498. The third-order valence-electron chi connectivity index (χ3n) is 3.69. The molecule has 0 bridgehead atoms. The number of nitrogens with zero attached hydrogens (tertiary/aromatic N) is 2. The molecule has 0 fully saturated rings. The minimum atomic E-state index is -0.263. The van der Waals surface area contributed by atoms with Gasteiger partial charge in [-0.15, -0.1) is 0 Å². The highest BCUT2D eigenvalue weighted by Crippen LogP contribution is 2.27. The number of aromatic nitrogens is 2. The summed E-state index contributed by atoms with van der Waals surface area (Å²) < 4.78 is 14.8. The van der Waals surface area contributed by atoms with Gasteiger partial charge in [0.15, 0.2) is 0 Å². The Hall–Kier alpha value is -2.20. The molecule has 2 aromatic carbocycles. The van der Waals surface area contributed by atoms with Gasteiger partial charge in [-0.2, -0.15) is 5.10 Å². The van der Waals surface area contributed by atoms with Crippen molar-refractivity contribution in [2.45, 2.75) is 26.4 Å². The maximum Gasteiger partial charge on any atom is 0.123 e. The normalized spacial score (nSPS) is 11.5. The zero-order chi connectivity index (χ0) is 15.0. The van der Waals surface area contributed by atoms with E-state index in [1.54, 1.807) is 23.0 Å². The van der Waals surface area contributed by atoms with Crippen molar-refractivity contribution in [2.24, 2.45) is 0 Å². The summed E-state index contributed by atoms with van der Waals surface area (Å²) in [5.41, 5.74) is 3.81. The van der Waals surface area contributed by atoms with Gasteiger partial charge in [0.2, 0.25) is 0 Å². The van der Waals surface area contributed by atoms with Gasteiger partial charge in [0.25, 0.3) is 0 Å². The smallest absolute Gasteiger partial charge is 0.123 e. The molecule has 1 heterocycles. The van der Waals surface area contributed by atoms with Gasteiger partial charge in [-0.1, -0.05) is 13.8 Å². The van der Waals surface area contributed by atoms with E-state index >= 15 is 0 Å². The minimum absolute atomic E-state index is 0.0190. The van der Waals surface area contributed by atoms with Crippen molar-refractivity contribution in [3.63, 3.8) is 0 Å². The van der Waals surface area contributed by atoms with Crippen LogP contribution in [0, 0.1) is 5.82 Å². The van der Waals surface area contributed by atoms with E-state index in [1.807, 2.05) is 6.07 Å². The summed E-state index contributed by atoms with van der Waals surface area (Å²) >= 11 is 0. The highest BCUT2D eigenvalue weighted by Gasteiger charge is 2.12. The second-order valence-electron chi connectivity index (χ2n) is 5.46. The fourth-order valence-corrected chi connectivity index (χ4v) is 2.60. The number of benzene rings is 2. The van der Waals surface area contributed by atoms with Crippen LogP contribution in [-0.4, -0.2) is 14.9 Å². The molecule has 3 rings (SSSR count). The molecular formula is C17H17FN2O. The molecule has 0 aliphatic rings. The van der Waals surface area contributed by atoms with Crippen molar-refractivity contribution >= 4 is 10.9 Å². The summed E-state index contributed by atoms with van der Waals surface area (Å²) in [6.07, 6.45) is 1.77. The predicted molar refractivity (Wildman–Crippen MR) is 81.0 cm³/mol. The zero-order valence-corrected chi connectivity index (χ0v) is 12.0. The van der Waals surface area contributed by atoms with E-state index in [9.17, 15) is 9.50 Å². The fourth-order valence-electron chi connectivity index (χ4n) is 2.60. The number of rotatable bonds is 3. The van der Waals surface area contributed by atoms with Crippen LogP contribution >= 0.6 is 0 Å². The van der Waals surface area contributed by atoms with Crippen LogP contribution in [0.4, 0.5) is 4.39 Å². The topological polar surface area (TPSA) is 38.0 Å². The molecule has 0 amide bonds. The molecule has 1 N–H and O–H groups in total. The van der Waals surface area contributed by atoms with Crippen LogP contribution in [0.15, 0.2) is 42.6 Å². The number of aliphatic hydroxyl groups is 1. The Labute approximate surface area is 122 Å². The lowest BCUT2D eigenvalue weighted by atomic mass is 9.96. The van der Waals surface area contributed by atoms with E-state index in [4.69, 9.17) is 0 Å². The Morgan fingerprint density at radius 1 is 1.19 bits per heavy atom. The lowest BCUT2D eigenvalue weighted by Crippen LogP contribution is -2.00. The van der Waals surface area contributed by atoms with Gasteiger partial charge in [0.1, 0.15) is 5.82 Å². The maximum absolute atomic E-state index is 13.1. The molecule has 21 heavy (non-hydrogen) atoms. The van der Waals surface area contributed by atoms with Crippen LogP contribution in [0.2, 0.25) is 0 Å². The summed E-state index contributed by atoms with van der Waals surface area (Å²) in [7, 11) is 0. The molecule has 0 saturated heterocycles. The lowest BCUT2D eigenvalue weighted by Gasteiger charge is -2.12. The van der Waals surface area contributed by atoms with Gasteiger partial charge in [-0.05, 0) is 53.4 Å². The van der Waals surface area contributed by atoms with Gasteiger partial charge in [-0.3, -0.25) is 0 Å². The molecule has 4 heteroatoms. The monoisotopic (exact) mass is 284 g/mol. The quantitative estimate of drug-likeness (QED) is 0.795. The van der Waals surface area contributed by atoms with Crippen molar-refractivity contribution in [2.75, 3.05) is 0 Å². The molecule has 0 spiro atoms. The van der Waals surface area contributed by atoms with Crippen LogP contribution in [0.1, 0.15) is 30.9 Å². The average molecular weight is 284 g/mol. The first-order valence-electron chi connectivity index (χ1n) is 6.97. The zero-order valence-electron chi connectivity index (χ0n) is 12.0. The third-order valence-corrected chi connectivity index (χ3v) is 3.69. The van der Waals surface area contributed by atoms with E-state index in [0.29, 0.717) is 5.92 Å². The number of aliphatic hydroxyl groups excluding tert-OH is 1. The second-order valence-corrected chi connectivity index (χ2v) is 5.46. The first-order chi connectivity index (χ1) is 10.1. The molecule has 108 valence electrons. The van der Waals surface area contributed by atoms with Crippen molar-refractivity contribution in [3.05, 3.63) is 59.5 Å². The highest BCUT2D eigenvalue weighted by molar-refractivity contribution is 5.82. The predicted octanol–water partition coefficient (Wildman–Crippen LogP) is 3.78. The molecule has 0 radical (unpaired) electrons. The van der Waals surface area contributed by atoms with E-state index in [-0.39, 0.29) is 12.4 Å². The maximum atomic E-state index is 13.1. The molecule has 0 saturated carbocycles. The minimum Gasteiger partial charge on any atom is -0.392 e. The lowest BCUT2D eigenvalue weighted by molar-refractivity contribution is 0.280. The van der Waals surface area contributed by atoms with Crippen molar-refractivity contribution < 1.29 is 9.50 Å². The molecule has 0 atom stereocenters. The third kappa shape index (κ3) is 2.43. The number of fused-ring (bicyclic) bond motifs is 1. The molecule has 0 unspecified atom stereocenters. The molecule has 0 aliphatic carbocycles. The van der Waals surface area contributed by atoms with E-state index in [1.165, 1.54) is 12.1 Å². The number of halogens is 1. The van der Waals surface area contributed by atoms with Gasteiger partial charge in [0, 0.05) is 5.39 Å². The van der Waals surface area contributed by atoms with Gasteiger partial charge >= 0.3 is 0 Å². The SMILES string of the molecule is CC(C)c1cc2c(cnn2-c2ccc(F)cc2)cc1CO.